The fourth-order valence-corrected chi connectivity index (χ4v) is 1.90. The van der Waals surface area contributed by atoms with Crippen LogP contribution in [0.25, 0.3) is 0 Å². The van der Waals surface area contributed by atoms with Crippen LogP contribution in [-0.2, 0) is 0 Å². The summed E-state index contributed by atoms with van der Waals surface area (Å²) in [5.41, 5.74) is 7.39. The first-order valence-corrected chi connectivity index (χ1v) is 6.28. The molecule has 0 spiro atoms. The molecule has 0 saturated heterocycles. The van der Waals surface area contributed by atoms with Crippen molar-refractivity contribution >= 4 is 0 Å². The van der Waals surface area contributed by atoms with Gasteiger partial charge in [0.15, 0.2) is 0 Å². The molecule has 2 heteroatoms. The highest BCUT2D eigenvalue weighted by molar-refractivity contribution is 5.30. The second-order valence-corrected chi connectivity index (χ2v) is 4.71. The highest BCUT2D eigenvalue weighted by Gasteiger charge is 2.24. The Morgan fingerprint density at radius 1 is 1.44 bits per heavy atom. The average molecular weight is 219 g/mol. The molecule has 0 radical (unpaired) electrons. The number of hydrogen-bond acceptors (Lipinski definition) is 2. The van der Waals surface area contributed by atoms with E-state index in [9.17, 15) is 0 Å². The topological polar surface area (TPSA) is 35.2 Å². The zero-order valence-corrected chi connectivity index (χ0v) is 9.99. The van der Waals surface area contributed by atoms with Crippen LogP contribution in [0.2, 0.25) is 0 Å². The lowest BCUT2D eigenvalue weighted by molar-refractivity contribution is 0.317. The monoisotopic (exact) mass is 219 g/mol. The number of ether oxygens (including phenoxy) is 1. The first-order valence-electron chi connectivity index (χ1n) is 6.28. The molecule has 1 aromatic carbocycles. The fourth-order valence-electron chi connectivity index (χ4n) is 1.90. The highest BCUT2D eigenvalue weighted by atomic mass is 16.5. The predicted molar refractivity (Wildman–Crippen MR) is 66.5 cm³/mol. The van der Waals surface area contributed by atoms with Crippen LogP contribution >= 0.6 is 0 Å². The summed E-state index contributed by atoms with van der Waals surface area (Å²) in [6.45, 7) is 2.89. The number of nitrogens with two attached hydrogens (primary N) is 1. The van der Waals surface area contributed by atoms with Gasteiger partial charge >= 0.3 is 0 Å². The molecule has 1 aromatic rings. The molecular weight excluding hydrogens is 198 g/mol. The van der Waals surface area contributed by atoms with Gasteiger partial charge in [-0.3, -0.25) is 0 Å². The SMILES string of the molecule is CCCOc1cccc(C(N)CC2CC2)c1. The van der Waals surface area contributed by atoms with Gasteiger partial charge in [0.2, 0.25) is 0 Å². The molecule has 0 aromatic heterocycles. The number of benzene rings is 1. The average Bonchev–Trinajstić information content (AvgIpc) is 3.10. The lowest BCUT2D eigenvalue weighted by Crippen LogP contribution is -2.11. The van der Waals surface area contributed by atoms with Crippen molar-refractivity contribution in [1.82, 2.24) is 0 Å². The van der Waals surface area contributed by atoms with Crippen LogP contribution < -0.4 is 10.5 Å². The maximum Gasteiger partial charge on any atom is 0.119 e. The molecule has 1 aliphatic carbocycles. The van der Waals surface area contributed by atoms with E-state index >= 15 is 0 Å². The molecule has 0 heterocycles. The largest absolute Gasteiger partial charge is 0.494 e. The van der Waals surface area contributed by atoms with Crippen LogP contribution in [0.3, 0.4) is 0 Å². The molecular formula is C14H21NO. The summed E-state index contributed by atoms with van der Waals surface area (Å²) in [6.07, 6.45) is 4.88. The summed E-state index contributed by atoms with van der Waals surface area (Å²) in [4.78, 5) is 0. The Morgan fingerprint density at radius 2 is 2.25 bits per heavy atom. The normalized spacial score (nSPS) is 17.1. The van der Waals surface area contributed by atoms with Gasteiger partial charge in [-0.1, -0.05) is 31.9 Å². The Bertz CT molecular complexity index is 333. The summed E-state index contributed by atoms with van der Waals surface area (Å²) >= 11 is 0. The molecule has 1 fully saturated rings. The highest BCUT2D eigenvalue weighted by Crippen LogP contribution is 2.37. The third-order valence-corrected chi connectivity index (χ3v) is 3.04. The second kappa shape index (κ2) is 5.35. The number of rotatable bonds is 6. The van der Waals surface area contributed by atoms with Gasteiger partial charge in [-0.15, -0.1) is 0 Å². The van der Waals surface area contributed by atoms with Gasteiger partial charge in [-0.25, -0.2) is 0 Å². The van der Waals surface area contributed by atoms with Gasteiger partial charge in [0.1, 0.15) is 5.75 Å². The standard InChI is InChI=1S/C14H21NO/c1-2-8-16-13-5-3-4-12(10-13)14(15)9-11-6-7-11/h3-5,10-11,14H,2,6-9,15H2,1H3. The first kappa shape index (κ1) is 11.5. The van der Waals surface area contributed by atoms with Crippen LogP contribution in [-0.4, -0.2) is 6.61 Å². The number of hydrogen-bond donors (Lipinski definition) is 1. The molecule has 1 atom stereocenters. The summed E-state index contributed by atoms with van der Waals surface area (Å²) in [6, 6.07) is 8.41. The van der Waals surface area contributed by atoms with E-state index in [1.807, 2.05) is 12.1 Å². The van der Waals surface area contributed by atoms with E-state index in [1.165, 1.54) is 18.4 Å². The van der Waals surface area contributed by atoms with Crippen molar-refractivity contribution in [3.63, 3.8) is 0 Å². The molecule has 1 saturated carbocycles. The Labute approximate surface area is 97.8 Å². The molecule has 2 nitrogen and oxygen atoms in total. The van der Waals surface area contributed by atoms with E-state index in [0.29, 0.717) is 0 Å². The Hall–Kier alpha value is -1.02. The van der Waals surface area contributed by atoms with Crippen LogP contribution in [0.5, 0.6) is 5.75 Å². The van der Waals surface area contributed by atoms with E-state index in [-0.39, 0.29) is 6.04 Å². The lowest BCUT2D eigenvalue weighted by atomic mass is 10.0. The summed E-state index contributed by atoms with van der Waals surface area (Å²) in [7, 11) is 0. The minimum Gasteiger partial charge on any atom is -0.494 e. The second-order valence-electron chi connectivity index (χ2n) is 4.71. The lowest BCUT2D eigenvalue weighted by Gasteiger charge is -2.13. The van der Waals surface area contributed by atoms with Crippen LogP contribution in [0.4, 0.5) is 0 Å². The Morgan fingerprint density at radius 3 is 2.94 bits per heavy atom. The van der Waals surface area contributed by atoms with E-state index < -0.39 is 0 Å². The van der Waals surface area contributed by atoms with Crippen molar-refractivity contribution in [1.29, 1.82) is 0 Å². The molecule has 2 rings (SSSR count). The predicted octanol–water partition coefficient (Wildman–Crippen LogP) is 3.28. The molecule has 0 amide bonds. The van der Waals surface area contributed by atoms with Gasteiger partial charge < -0.3 is 10.5 Å². The van der Waals surface area contributed by atoms with Crippen LogP contribution in [0.15, 0.2) is 24.3 Å². The molecule has 1 unspecified atom stereocenters. The van der Waals surface area contributed by atoms with E-state index in [1.54, 1.807) is 0 Å². The van der Waals surface area contributed by atoms with Gasteiger partial charge in [-0.05, 0) is 36.5 Å². The van der Waals surface area contributed by atoms with E-state index in [4.69, 9.17) is 10.5 Å². The van der Waals surface area contributed by atoms with Crippen molar-refractivity contribution in [2.45, 2.75) is 38.6 Å². The molecule has 88 valence electrons. The molecule has 2 N–H and O–H groups in total. The van der Waals surface area contributed by atoms with Gasteiger partial charge in [0.05, 0.1) is 6.61 Å². The quantitative estimate of drug-likeness (QED) is 0.797. The third-order valence-electron chi connectivity index (χ3n) is 3.04. The Kier molecular flexibility index (Phi) is 3.83. The molecule has 1 aliphatic rings. The van der Waals surface area contributed by atoms with Gasteiger partial charge in [0.25, 0.3) is 0 Å². The van der Waals surface area contributed by atoms with Crippen LogP contribution in [0, 0.1) is 5.92 Å². The zero-order chi connectivity index (χ0) is 11.4. The van der Waals surface area contributed by atoms with E-state index in [0.717, 1.165) is 31.1 Å². The van der Waals surface area contributed by atoms with Crippen molar-refractivity contribution < 1.29 is 4.74 Å². The minimum absolute atomic E-state index is 0.178. The zero-order valence-electron chi connectivity index (χ0n) is 9.99. The smallest absolute Gasteiger partial charge is 0.119 e. The van der Waals surface area contributed by atoms with Gasteiger partial charge in [-0.2, -0.15) is 0 Å². The Balaban J connectivity index is 1.96. The van der Waals surface area contributed by atoms with Crippen molar-refractivity contribution in [2.75, 3.05) is 6.61 Å². The first-order chi connectivity index (χ1) is 7.79. The van der Waals surface area contributed by atoms with Crippen molar-refractivity contribution in [3.05, 3.63) is 29.8 Å². The maximum absolute atomic E-state index is 6.18. The summed E-state index contributed by atoms with van der Waals surface area (Å²) < 4.78 is 5.61. The summed E-state index contributed by atoms with van der Waals surface area (Å²) in [5.74, 6) is 1.82. The molecule has 0 bridgehead atoms. The van der Waals surface area contributed by atoms with Gasteiger partial charge in [0, 0.05) is 6.04 Å². The third kappa shape index (κ3) is 3.24. The molecule has 0 aliphatic heterocycles. The molecule has 16 heavy (non-hydrogen) atoms. The minimum atomic E-state index is 0.178. The van der Waals surface area contributed by atoms with Crippen molar-refractivity contribution in [2.24, 2.45) is 11.7 Å². The fraction of sp³-hybridized carbons (Fsp3) is 0.571. The maximum atomic E-state index is 6.18. The van der Waals surface area contributed by atoms with E-state index in [2.05, 4.69) is 19.1 Å². The van der Waals surface area contributed by atoms with Crippen LogP contribution in [0.1, 0.15) is 44.2 Å². The summed E-state index contributed by atoms with van der Waals surface area (Å²) in [5, 5.41) is 0. The van der Waals surface area contributed by atoms with Crippen molar-refractivity contribution in [3.8, 4) is 5.75 Å².